The van der Waals surface area contributed by atoms with Gasteiger partial charge in [0.15, 0.2) is 0 Å². The molecule has 1 aliphatic rings. The molecule has 0 saturated carbocycles. The summed E-state index contributed by atoms with van der Waals surface area (Å²) in [6, 6.07) is 13.8. The number of hydrogen-bond acceptors (Lipinski definition) is 3. The molecule has 0 N–H and O–H groups in total. The van der Waals surface area contributed by atoms with Gasteiger partial charge in [-0.1, -0.05) is 31.2 Å². The molecule has 1 fully saturated rings. The normalized spacial score (nSPS) is 17.7. The molecule has 4 heteroatoms. The number of hydrogen-bond donors (Lipinski definition) is 0. The third-order valence-electron chi connectivity index (χ3n) is 3.98. The zero-order valence-electron chi connectivity index (χ0n) is 12.7. The van der Waals surface area contributed by atoms with Crippen LogP contribution in [0.1, 0.15) is 41.7 Å². The predicted octanol–water partition coefficient (Wildman–Crippen LogP) is 4.17. The van der Waals surface area contributed by atoms with Crippen molar-refractivity contribution in [3.63, 3.8) is 0 Å². The molecular weight excluding hydrogens is 292 g/mol. The Morgan fingerprint density at radius 1 is 1.27 bits per heavy atom. The number of benzene rings is 1. The Kier molecular flexibility index (Phi) is 4.78. The quantitative estimate of drug-likeness (QED) is 0.794. The van der Waals surface area contributed by atoms with Crippen LogP contribution in [-0.4, -0.2) is 28.1 Å². The van der Waals surface area contributed by atoms with E-state index in [0.717, 1.165) is 35.7 Å². The number of carbonyl (C=O) groups is 1. The summed E-state index contributed by atoms with van der Waals surface area (Å²) >= 11 is 1.75. The second kappa shape index (κ2) is 6.97. The van der Waals surface area contributed by atoms with E-state index in [-0.39, 0.29) is 11.9 Å². The number of aromatic nitrogens is 1. The molecule has 22 heavy (non-hydrogen) atoms. The van der Waals surface area contributed by atoms with Gasteiger partial charge in [0.05, 0.1) is 6.04 Å². The largest absolute Gasteiger partial charge is 0.332 e. The number of amides is 1. The van der Waals surface area contributed by atoms with Gasteiger partial charge in [0.2, 0.25) is 0 Å². The minimum atomic E-state index is 0.124. The van der Waals surface area contributed by atoms with Crippen molar-refractivity contribution in [3.05, 3.63) is 59.8 Å². The summed E-state index contributed by atoms with van der Waals surface area (Å²) < 4.78 is 0. The van der Waals surface area contributed by atoms with Gasteiger partial charge < -0.3 is 4.90 Å². The molecule has 0 spiro atoms. The van der Waals surface area contributed by atoms with E-state index in [1.807, 2.05) is 47.5 Å². The predicted molar refractivity (Wildman–Crippen MR) is 90.1 cm³/mol. The summed E-state index contributed by atoms with van der Waals surface area (Å²) in [5, 5.41) is 1.06. The van der Waals surface area contributed by atoms with Crippen LogP contribution in [-0.2, 0) is 0 Å². The average Bonchev–Trinajstić information content (AvgIpc) is 3.05. The number of likely N-dealkylation sites (tertiary alicyclic amines) is 1. The van der Waals surface area contributed by atoms with Crippen molar-refractivity contribution < 1.29 is 4.79 Å². The highest BCUT2D eigenvalue weighted by molar-refractivity contribution is 7.99. The molecule has 1 aliphatic heterocycles. The SMILES string of the molecule is CCSc1ncccc1C1CCCN1C(=O)c1ccccc1. The van der Waals surface area contributed by atoms with Gasteiger partial charge in [0.1, 0.15) is 5.03 Å². The molecule has 3 rings (SSSR count). The monoisotopic (exact) mass is 312 g/mol. The Morgan fingerprint density at radius 2 is 2.09 bits per heavy atom. The summed E-state index contributed by atoms with van der Waals surface area (Å²) in [6.45, 7) is 2.95. The Bertz CT molecular complexity index is 645. The first-order chi connectivity index (χ1) is 10.8. The van der Waals surface area contributed by atoms with Crippen LogP contribution < -0.4 is 0 Å². The molecule has 0 bridgehead atoms. The van der Waals surface area contributed by atoms with Crippen molar-refractivity contribution in [2.45, 2.75) is 30.8 Å². The van der Waals surface area contributed by atoms with Crippen LogP contribution >= 0.6 is 11.8 Å². The van der Waals surface area contributed by atoms with Crippen LogP contribution in [0.25, 0.3) is 0 Å². The van der Waals surface area contributed by atoms with Gasteiger partial charge in [-0.3, -0.25) is 4.79 Å². The van der Waals surface area contributed by atoms with E-state index in [2.05, 4.69) is 18.0 Å². The molecule has 114 valence electrons. The molecule has 1 unspecified atom stereocenters. The van der Waals surface area contributed by atoms with Gasteiger partial charge in [0, 0.05) is 23.9 Å². The number of carbonyl (C=O) groups excluding carboxylic acids is 1. The molecule has 1 saturated heterocycles. The lowest BCUT2D eigenvalue weighted by Gasteiger charge is -2.26. The topological polar surface area (TPSA) is 33.2 Å². The van der Waals surface area contributed by atoms with Crippen molar-refractivity contribution in [2.24, 2.45) is 0 Å². The fourth-order valence-corrected chi connectivity index (χ4v) is 3.77. The van der Waals surface area contributed by atoms with Crippen molar-refractivity contribution in [2.75, 3.05) is 12.3 Å². The van der Waals surface area contributed by atoms with E-state index in [1.165, 1.54) is 5.56 Å². The van der Waals surface area contributed by atoms with Crippen molar-refractivity contribution in [1.29, 1.82) is 0 Å². The summed E-state index contributed by atoms with van der Waals surface area (Å²) in [6.07, 6.45) is 3.90. The average molecular weight is 312 g/mol. The molecule has 0 radical (unpaired) electrons. The van der Waals surface area contributed by atoms with E-state index < -0.39 is 0 Å². The summed E-state index contributed by atoms with van der Waals surface area (Å²) in [7, 11) is 0. The zero-order chi connectivity index (χ0) is 15.4. The third-order valence-corrected chi connectivity index (χ3v) is 4.88. The zero-order valence-corrected chi connectivity index (χ0v) is 13.6. The number of thioether (sulfide) groups is 1. The highest BCUT2D eigenvalue weighted by atomic mass is 32.2. The highest BCUT2D eigenvalue weighted by Gasteiger charge is 2.32. The fourth-order valence-electron chi connectivity index (χ4n) is 2.99. The third kappa shape index (κ3) is 3.02. The van der Waals surface area contributed by atoms with E-state index in [4.69, 9.17) is 0 Å². The smallest absolute Gasteiger partial charge is 0.254 e. The standard InChI is InChI=1S/C18H20N2OS/c1-2-22-17-15(10-6-12-19-17)16-11-7-13-20(16)18(21)14-8-4-3-5-9-14/h3-6,8-10,12,16H,2,7,11,13H2,1H3. The summed E-state index contributed by atoms with van der Waals surface area (Å²) in [5.74, 6) is 1.11. The van der Waals surface area contributed by atoms with Gasteiger partial charge in [-0.15, -0.1) is 11.8 Å². The molecule has 1 aromatic carbocycles. The Hall–Kier alpha value is -1.81. The second-order valence-corrected chi connectivity index (χ2v) is 6.61. The van der Waals surface area contributed by atoms with E-state index in [0.29, 0.717) is 0 Å². The van der Waals surface area contributed by atoms with Crippen LogP contribution in [0, 0.1) is 0 Å². The van der Waals surface area contributed by atoms with Crippen LogP contribution in [0.15, 0.2) is 53.7 Å². The van der Waals surface area contributed by atoms with Gasteiger partial charge in [-0.25, -0.2) is 4.98 Å². The minimum absolute atomic E-state index is 0.124. The van der Waals surface area contributed by atoms with Crippen LogP contribution in [0.4, 0.5) is 0 Å². The maximum Gasteiger partial charge on any atom is 0.254 e. The first-order valence-corrected chi connectivity index (χ1v) is 8.73. The van der Waals surface area contributed by atoms with Crippen LogP contribution in [0.3, 0.4) is 0 Å². The molecule has 2 aromatic rings. The highest BCUT2D eigenvalue weighted by Crippen LogP contribution is 2.37. The van der Waals surface area contributed by atoms with Gasteiger partial charge >= 0.3 is 0 Å². The molecule has 1 aromatic heterocycles. The lowest BCUT2D eigenvalue weighted by Crippen LogP contribution is -2.30. The molecule has 3 nitrogen and oxygen atoms in total. The Balaban J connectivity index is 1.89. The fraction of sp³-hybridized carbons (Fsp3) is 0.333. The lowest BCUT2D eigenvalue weighted by atomic mass is 10.1. The minimum Gasteiger partial charge on any atom is -0.332 e. The number of pyridine rings is 1. The number of rotatable bonds is 4. The van der Waals surface area contributed by atoms with Crippen molar-refractivity contribution in [1.82, 2.24) is 9.88 Å². The van der Waals surface area contributed by atoms with Crippen molar-refractivity contribution >= 4 is 17.7 Å². The number of nitrogens with zero attached hydrogens (tertiary/aromatic N) is 2. The van der Waals surface area contributed by atoms with Gasteiger partial charge in [-0.05, 0) is 36.8 Å². The molecule has 1 amide bonds. The van der Waals surface area contributed by atoms with Crippen LogP contribution in [0.5, 0.6) is 0 Å². The van der Waals surface area contributed by atoms with E-state index in [1.54, 1.807) is 11.8 Å². The first kappa shape index (κ1) is 15.1. The van der Waals surface area contributed by atoms with E-state index in [9.17, 15) is 4.79 Å². The Morgan fingerprint density at radius 3 is 2.86 bits per heavy atom. The van der Waals surface area contributed by atoms with Crippen LogP contribution in [0.2, 0.25) is 0 Å². The van der Waals surface area contributed by atoms with Gasteiger partial charge in [-0.2, -0.15) is 0 Å². The van der Waals surface area contributed by atoms with Gasteiger partial charge in [0.25, 0.3) is 5.91 Å². The Labute approximate surface area is 135 Å². The lowest BCUT2D eigenvalue weighted by molar-refractivity contribution is 0.0733. The maximum atomic E-state index is 12.8. The molecule has 0 aliphatic carbocycles. The van der Waals surface area contributed by atoms with E-state index >= 15 is 0 Å². The maximum absolute atomic E-state index is 12.8. The first-order valence-electron chi connectivity index (χ1n) is 7.75. The summed E-state index contributed by atoms with van der Waals surface area (Å²) in [5.41, 5.74) is 1.96. The molecule has 2 heterocycles. The molecule has 1 atom stereocenters. The second-order valence-electron chi connectivity index (χ2n) is 5.35. The van der Waals surface area contributed by atoms with Crippen molar-refractivity contribution in [3.8, 4) is 0 Å². The molecular formula is C18H20N2OS. The summed E-state index contributed by atoms with van der Waals surface area (Å²) in [4.78, 5) is 19.3.